The van der Waals surface area contributed by atoms with Crippen LogP contribution < -0.4 is 10.1 Å². The monoisotopic (exact) mass is 321 g/mol. The molecule has 0 aliphatic heterocycles. The van der Waals surface area contributed by atoms with Gasteiger partial charge < -0.3 is 10.1 Å². The number of nitrogens with one attached hydrogen (secondary N) is 1. The highest BCUT2D eigenvalue weighted by Gasteiger charge is 2.30. The van der Waals surface area contributed by atoms with Crippen molar-refractivity contribution in [3.63, 3.8) is 0 Å². The molecule has 1 saturated carbocycles. The van der Waals surface area contributed by atoms with Gasteiger partial charge in [-0.2, -0.15) is 0 Å². The molecule has 4 heteroatoms. The molecular formula is C17H17Cl2NO. The van der Waals surface area contributed by atoms with Gasteiger partial charge in [0.2, 0.25) is 0 Å². The summed E-state index contributed by atoms with van der Waals surface area (Å²) in [6.07, 6.45) is 2.23. The van der Waals surface area contributed by atoms with E-state index in [2.05, 4.69) is 17.4 Å². The molecule has 0 amide bonds. The molecule has 0 unspecified atom stereocenters. The van der Waals surface area contributed by atoms with Gasteiger partial charge in [0.1, 0.15) is 5.75 Å². The molecule has 0 radical (unpaired) electrons. The molecule has 1 fully saturated rings. The normalized spacial score (nSPS) is 20.7. The number of anilines is 1. The molecule has 2 aromatic rings. The fraction of sp³-hybridized carbons (Fsp3) is 0.294. The Bertz CT molecular complexity index is 638. The zero-order valence-corrected chi connectivity index (χ0v) is 13.3. The van der Waals surface area contributed by atoms with Crippen LogP contribution in [0.5, 0.6) is 5.75 Å². The van der Waals surface area contributed by atoms with Crippen molar-refractivity contribution in [2.45, 2.75) is 24.8 Å². The third-order valence-electron chi connectivity index (χ3n) is 3.98. The van der Waals surface area contributed by atoms with E-state index in [1.54, 1.807) is 7.11 Å². The van der Waals surface area contributed by atoms with Gasteiger partial charge in [0, 0.05) is 22.8 Å². The van der Waals surface area contributed by atoms with Crippen molar-refractivity contribution >= 4 is 28.9 Å². The first-order valence-corrected chi connectivity index (χ1v) is 7.77. The zero-order valence-electron chi connectivity index (χ0n) is 11.8. The molecule has 0 atom stereocenters. The number of hydrogen-bond donors (Lipinski definition) is 1. The minimum absolute atomic E-state index is 0.486. The molecule has 110 valence electrons. The van der Waals surface area contributed by atoms with Crippen molar-refractivity contribution in [2.24, 2.45) is 0 Å². The molecule has 0 heterocycles. The van der Waals surface area contributed by atoms with E-state index >= 15 is 0 Å². The molecule has 1 aliphatic carbocycles. The lowest BCUT2D eigenvalue weighted by Crippen LogP contribution is -2.33. The minimum Gasteiger partial charge on any atom is -0.495 e. The van der Waals surface area contributed by atoms with Crippen LogP contribution in [0.2, 0.25) is 10.0 Å². The van der Waals surface area contributed by atoms with Crippen molar-refractivity contribution in [3.8, 4) is 5.75 Å². The van der Waals surface area contributed by atoms with Gasteiger partial charge in [-0.1, -0.05) is 35.3 Å². The molecule has 2 nitrogen and oxygen atoms in total. The van der Waals surface area contributed by atoms with Gasteiger partial charge in [-0.3, -0.25) is 0 Å². The standard InChI is InChI=1S/C17H17Cl2NO/c1-21-17-10-14(5-6-16(17)19)20-15-8-12(9-15)11-3-2-4-13(18)7-11/h2-7,10,12,15,20H,8-9H2,1H3. The van der Waals surface area contributed by atoms with E-state index in [-0.39, 0.29) is 0 Å². The highest BCUT2D eigenvalue weighted by molar-refractivity contribution is 6.32. The first-order valence-electron chi connectivity index (χ1n) is 7.01. The van der Waals surface area contributed by atoms with Crippen LogP contribution in [0.25, 0.3) is 0 Å². The second kappa shape index (κ2) is 6.17. The maximum Gasteiger partial charge on any atom is 0.139 e. The average molecular weight is 322 g/mol. The van der Waals surface area contributed by atoms with Crippen LogP contribution in [-0.4, -0.2) is 13.2 Å². The Balaban J connectivity index is 1.60. The SMILES string of the molecule is COc1cc(NC2CC(c3cccc(Cl)c3)C2)ccc1Cl. The summed E-state index contributed by atoms with van der Waals surface area (Å²) in [5.41, 5.74) is 2.38. The Hall–Kier alpha value is -1.38. The van der Waals surface area contributed by atoms with Gasteiger partial charge in [-0.15, -0.1) is 0 Å². The number of benzene rings is 2. The van der Waals surface area contributed by atoms with Crippen LogP contribution in [0, 0.1) is 0 Å². The van der Waals surface area contributed by atoms with Crippen molar-refractivity contribution < 1.29 is 4.74 Å². The molecule has 0 aromatic heterocycles. The fourth-order valence-electron chi connectivity index (χ4n) is 2.75. The second-order valence-electron chi connectivity index (χ2n) is 5.41. The first-order chi connectivity index (χ1) is 10.2. The number of halogens is 2. The topological polar surface area (TPSA) is 21.3 Å². The summed E-state index contributed by atoms with van der Waals surface area (Å²) in [7, 11) is 1.63. The third-order valence-corrected chi connectivity index (χ3v) is 4.53. The first kappa shape index (κ1) is 14.6. The van der Waals surface area contributed by atoms with E-state index in [9.17, 15) is 0 Å². The minimum atomic E-state index is 0.486. The number of methoxy groups -OCH3 is 1. The van der Waals surface area contributed by atoms with Crippen LogP contribution in [0.4, 0.5) is 5.69 Å². The summed E-state index contributed by atoms with van der Waals surface area (Å²) >= 11 is 12.1. The van der Waals surface area contributed by atoms with Crippen LogP contribution in [0.15, 0.2) is 42.5 Å². The van der Waals surface area contributed by atoms with Crippen LogP contribution in [-0.2, 0) is 0 Å². The van der Waals surface area contributed by atoms with Gasteiger partial charge in [-0.25, -0.2) is 0 Å². The van der Waals surface area contributed by atoms with Crippen molar-refractivity contribution in [3.05, 3.63) is 58.1 Å². The number of rotatable bonds is 4. The Kier molecular flexibility index (Phi) is 4.27. The Morgan fingerprint density at radius 2 is 1.90 bits per heavy atom. The quantitative estimate of drug-likeness (QED) is 0.818. The number of hydrogen-bond acceptors (Lipinski definition) is 2. The second-order valence-corrected chi connectivity index (χ2v) is 6.26. The molecular weight excluding hydrogens is 305 g/mol. The molecule has 1 aliphatic rings. The van der Waals surface area contributed by atoms with E-state index in [1.165, 1.54) is 5.56 Å². The molecule has 3 rings (SSSR count). The zero-order chi connectivity index (χ0) is 14.8. The van der Waals surface area contributed by atoms with E-state index in [1.807, 2.05) is 30.3 Å². The van der Waals surface area contributed by atoms with Crippen LogP contribution >= 0.6 is 23.2 Å². The lowest BCUT2D eigenvalue weighted by atomic mass is 9.76. The van der Waals surface area contributed by atoms with Gasteiger partial charge >= 0.3 is 0 Å². The summed E-state index contributed by atoms with van der Waals surface area (Å²) < 4.78 is 5.24. The van der Waals surface area contributed by atoms with Crippen molar-refractivity contribution in [1.82, 2.24) is 0 Å². The van der Waals surface area contributed by atoms with Gasteiger partial charge in [0.15, 0.2) is 0 Å². The summed E-state index contributed by atoms with van der Waals surface area (Å²) in [5.74, 6) is 1.29. The third kappa shape index (κ3) is 3.28. The fourth-order valence-corrected chi connectivity index (χ4v) is 3.15. The highest BCUT2D eigenvalue weighted by Crippen LogP contribution is 2.39. The van der Waals surface area contributed by atoms with E-state index < -0.39 is 0 Å². The average Bonchev–Trinajstić information content (AvgIpc) is 2.44. The van der Waals surface area contributed by atoms with Gasteiger partial charge in [-0.05, 0) is 48.6 Å². The smallest absolute Gasteiger partial charge is 0.139 e. The molecule has 0 spiro atoms. The lowest BCUT2D eigenvalue weighted by Gasteiger charge is -2.37. The maximum absolute atomic E-state index is 6.04. The molecule has 0 bridgehead atoms. The summed E-state index contributed by atoms with van der Waals surface area (Å²) in [6.45, 7) is 0. The molecule has 2 aromatic carbocycles. The molecule has 0 saturated heterocycles. The van der Waals surface area contributed by atoms with E-state index in [0.717, 1.165) is 23.6 Å². The summed E-state index contributed by atoms with van der Waals surface area (Å²) in [4.78, 5) is 0. The van der Waals surface area contributed by atoms with Crippen molar-refractivity contribution in [1.29, 1.82) is 0 Å². The predicted octanol–water partition coefficient (Wildman–Crippen LogP) is 5.36. The Morgan fingerprint density at radius 3 is 2.62 bits per heavy atom. The van der Waals surface area contributed by atoms with Crippen LogP contribution in [0.1, 0.15) is 24.3 Å². The largest absolute Gasteiger partial charge is 0.495 e. The van der Waals surface area contributed by atoms with Gasteiger partial charge in [0.25, 0.3) is 0 Å². The lowest BCUT2D eigenvalue weighted by molar-refractivity contribution is 0.374. The van der Waals surface area contributed by atoms with E-state index in [4.69, 9.17) is 27.9 Å². The van der Waals surface area contributed by atoms with E-state index in [0.29, 0.717) is 22.7 Å². The molecule has 21 heavy (non-hydrogen) atoms. The summed E-state index contributed by atoms with van der Waals surface area (Å²) in [5, 5.41) is 4.97. The molecule has 1 N–H and O–H groups in total. The van der Waals surface area contributed by atoms with Gasteiger partial charge in [0.05, 0.1) is 12.1 Å². The van der Waals surface area contributed by atoms with Crippen LogP contribution in [0.3, 0.4) is 0 Å². The predicted molar refractivity (Wildman–Crippen MR) is 88.8 cm³/mol. The highest BCUT2D eigenvalue weighted by atomic mass is 35.5. The maximum atomic E-state index is 6.04. The Morgan fingerprint density at radius 1 is 1.10 bits per heavy atom. The van der Waals surface area contributed by atoms with Crippen molar-refractivity contribution in [2.75, 3.05) is 12.4 Å². The number of ether oxygens (including phenoxy) is 1. The summed E-state index contributed by atoms with van der Waals surface area (Å²) in [6, 6.07) is 14.4. The Labute approximate surface area is 135 Å².